The van der Waals surface area contributed by atoms with Gasteiger partial charge in [-0.3, -0.25) is 4.79 Å². The van der Waals surface area contributed by atoms with Gasteiger partial charge in [0.2, 0.25) is 0 Å². The molecule has 0 radical (unpaired) electrons. The smallest absolute Gasteiger partial charge is 0.161 e. The van der Waals surface area contributed by atoms with Crippen LogP contribution < -0.4 is 0 Å². The molecule has 0 atom stereocenters. The number of nitrogens with zero attached hydrogens (tertiary/aromatic N) is 1. The fourth-order valence-electron chi connectivity index (χ4n) is 3.10. The van der Waals surface area contributed by atoms with Gasteiger partial charge in [-0.2, -0.15) is 0 Å². The topological polar surface area (TPSA) is 22.0 Å². The summed E-state index contributed by atoms with van der Waals surface area (Å²) in [4.78, 5) is 12.7. The summed E-state index contributed by atoms with van der Waals surface area (Å²) in [6.45, 7) is 4.05. The average Bonchev–Trinajstić information content (AvgIpc) is 2.74. The van der Waals surface area contributed by atoms with Crippen LogP contribution >= 0.6 is 0 Å². The highest BCUT2D eigenvalue weighted by Crippen LogP contribution is 2.36. The molecule has 0 aliphatic heterocycles. The summed E-state index contributed by atoms with van der Waals surface area (Å²) < 4.78 is 2.17. The quantitative estimate of drug-likeness (QED) is 0.728. The van der Waals surface area contributed by atoms with Crippen molar-refractivity contribution < 1.29 is 4.79 Å². The lowest BCUT2D eigenvalue weighted by Crippen LogP contribution is -2.43. The van der Waals surface area contributed by atoms with Crippen molar-refractivity contribution in [2.45, 2.75) is 57.9 Å². The van der Waals surface area contributed by atoms with Gasteiger partial charge in [0.15, 0.2) is 5.78 Å². The van der Waals surface area contributed by atoms with Gasteiger partial charge < -0.3 is 4.57 Å². The van der Waals surface area contributed by atoms with E-state index in [1.165, 1.54) is 25.7 Å². The van der Waals surface area contributed by atoms with E-state index < -0.39 is 0 Å². The van der Waals surface area contributed by atoms with E-state index in [1.807, 2.05) is 26.0 Å². The molecule has 0 bridgehead atoms. The number of carbonyl (C=O) groups is 1. The second-order valence-electron chi connectivity index (χ2n) is 5.56. The number of aromatic nitrogens is 1. The molecule has 2 heteroatoms. The molecule has 0 aromatic carbocycles. The van der Waals surface area contributed by atoms with Crippen LogP contribution in [0.4, 0.5) is 0 Å². The molecule has 1 fully saturated rings. The Kier molecular flexibility index (Phi) is 3.70. The van der Waals surface area contributed by atoms with Crippen LogP contribution in [0.1, 0.15) is 52.4 Å². The molecule has 1 saturated carbocycles. The first-order chi connectivity index (χ1) is 8.17. The van der Waals surface area contributed by atoms with Crippen molar-refractivity contribution in [1.82, 2.24) is 4.57 Å². The van der Waals surface area contributed by atoms with E-state index >= 15 is 0 Å². The lowest BCUT2D eigenvalue weighted by molar-refractivity contribution is -0.131. The van der Waals surface area contributed by atoms with Crippen LogP contribution in [0.5, 0.6) is 0 Å². The van der Waals surface area contributed by atoms with Crippen LogP contribution in [0.25, 0.3) is 0 Å². The van der Waals surface area contributed by atoms with Gasteiger partial charge >= 0.3 is 0 Å². The van der Waals surface area contributed by atoms with E-state index in [9.17, 15) is 4.79 Å². The molecule has 0 unspecified atom stereocenters. The van der Waals surface area contributed by atoms with Gasteiger partial charge in [0.25, 0.3) is 0 Å². The summed E-state index contributed by atoms with van der Waals surface area (Å²) >= 11 is 0. The third-order valence-electron chi connectivity index (χ3n) is 4.01. The molecule has 0 N–H and O–H groups in total. The molecule has 1 heterocycles. The summed E-state index contributed by atoms with van der Waals surface area (Å²) in [5, 5.41) is 0. The van der Waals surface area contributed by atoms with E-state index in [-0.39, 0.29) is 11.5 Å². The van der Waals surface area contributed by atoms with Crippen LogP contribution in [-0.4, -0.2) is 10.4 Å². The zero-order chi connectivity index (χ0) is 12.3. The van der Waals surface area contributed by atoms with Crippen molar-refractivity contribution in [2.24, 2.45) is 5.92 Å². The summed E-state index contributed by atoms with van der Waals surface area (Å²) in [5.41, 5.74) is -0.256. The van der Waals surface area contributed by atoms with Crippen LogP contribution in [0.3, 0.4) is 0 Å². The molecule has 0 saturated heterocycles. The first-order valence-electron chi connectivity index (χ1n) is 6.84. The Hall–Kier alpha value is -1.05. The summed E-state index contributed by atoms with van der Waals surface area (Å²) in [5.74, 6) is 0.533. The lowest BCUT2D eigenvalue weighted by atomic mass is 9.80. The highest BCUT2D eigenvalue weighted by Gasteiger charge is 2.40. The van der Waals surface area contributed by atoms with Crippen LogP contribution in [0, 0.1) is 5.92 Å². The Labute approximate surface area is 104 Å². The van der Waals surface area contributed by atoms with E-state index in [4.69, 9.17) is 0 Å². The van der Waals surface area contributed by atoms with E-state index in [1.54, 1.807) is 0 Å². The number of ketones is 1. The number of Topliss-reactive ketones (excluding diaryl/α,β-unsaturated/α-hetero) is 1. The molecule has 0 amide bonds. The first-order valence-corrected chi connectivity index (χ1v) is 6.84. The second-order valence-corrected chi connectivity index (χ2v) is 5.56. The molecule has 2 nitrogen and oxygen atoms in total. The van der Waals surface area contributed by atoms with Gasteiger partial charge in [-0.15, -0.1) is 0 Å². The molecule has 1 aromatic heterocycles. The minimum atomic E-state index is -0.256. The monoisotopic (exact) mass is 233 g/mol. The van der Waals surface area contributed by atoms with Crippen molar-refractivity contribution >= 4 is 5.78 Å². The third kappa shape index (κ3) is 2.31. The third-order valence-corrected chi connectivity index (χ3v) is 4.01. The van der Waals surface area contributed by atoms with Crippen molar-refractivity contribution in [3.63, 3.8) is 0 Å². The van der Waals surface area contributed by atoms with Crippen molar-refractivity contribution in [1.29, 1.82) is 0 Å². The Morgan fingerprint density at radius 3 is 2.06 bits per heavy atom. The largest absolute Gasteiger partial charge is 0.341 e. The predicted molar refractivity (Wildman–Crippen MR) is 70.0 cm³/mol. The zero-order valence-electron chi connectivity index (χ0n) is 11.0. The molecular formula is C15H23NO. The van der Waals surface area contributed by atoms with Gasteiger partial charge in [0, 0.05) is 18.3 Å². The van der Waals surface area contributed by atoms with Gasteiger partial charge in [-0.05, 0) is 25.0 Å². The highest BCUT2D eigenvalue weighted by molar-refractivity contribution is 5.88. The molecule has 2 rings (SSSR count). The van der Waals surface area contributed by atoms with Crippen LogP contribution in [-0.2, 0) is 10.3 Å². The fourth-order valence-corrected chi connectivity index (χ4v) is 3.10. The van der Waals surface area contributed by atoms with Gasteiger partial charge in [-0.1, -0.05) is 39.5 Å². The Bertz CT molecular complexity index is 356. The maximum atomic E-state index is 12.7. The molecule has 94 valence electrons. The van der Waals surface area contributed by atoms with Crippen molar-refractivity contribution in [2.75, 3.05) is 0 Å². The maximum absolute atomic E-state index is 12.7. The SMILES string of the molecule is CC(C)C(=O)C1(n2cccc2)CCCCCC1. The van der Waals surface area contributed by atoms with E-state index in [2.05, 4.69) is 17.0 Å². The fraction of sp³-hybridized carbons (Fsp3) is 0.667. The molecule has 1 aliphatic carbocycles. The number of hydrogen-bond acceptors (Lipinski definition) is 1. The van der Waals surface area contributed by atoms with Gasteiger partial charge in [-0.25, -0.2) is 0 Å². The number of carbonyl (C=O) groups excluding carboxylic acids is 1. The highest BCUT2D eigenvalue weighted by atomic mass is 16.1. The van der Waals surface area contributed by atoms with E-state index in [0.717, 1.165) is 12.8 Å². The number of hydrogen-bond donors (Lipinski definition) is 0. The summed E-state index contributed by atoms with van der Waals surface area (Å²) in [7, 11) is 0. The van der Waals surface area contributed by atoms with Crippen LogP contribution in [0.15, 0.2) is 24.5 Å². The second kappa shape index (κ2) is 5.07. The molecule has 1 aromatic rings. The normalized spacial score (nSPS) is 20.2. The lowest BCUT2D eigenvalue weighted by Gasteiger charge is -2.35. The van der Waals surface area contributed by atoms with E-state index in [0.29, 0.717) is 5.78 Å². The number of rotatable bonds is 3. The molecule has 17 heavy (non-hydrogen) atoms. The Morgan fingerprint density at radius 2 is 1.59 bits per heavy atom. The zero-order valence-corrected chi connectivity index (χ0v) is 11.0. The van der Waals surface area contributed by atoms with Crippen molar-refractivity contribution in [3.8, 4) is 0 Å². The summed E-state index contributed by atoms with van der Waals surface area (Å²) in [6.07, 6.45) is 11.0. The van der Waals surface area contributed by atoms with Crippen molar-refractivity contribution in [3.05, 3.63) is 24.5 Å². The first kappa shape index (κ1) is 12.4. The minimum absolute atomic E-state index is 0.121. The van der Waals surface area contributed by atoms with Gasteiger partial charge in [0.05, 0.1) is 0 Å². The minimum Gasteiger partial charge on any atom is -0.341 e. The molecule has 1 aliphatic rings. The Morgan fingerprint density at radius 1 is 1.06 bits per heavy atom. The van der Waals surface area contributed by atoms with Crippen LogP contribution in [0.2, 0.25) is 0 Å². The molecule has 0 spiro atoms. The summed E-state index contributed by atoms with van der Waals surface area (Å²) in [6, 6.07) is 4.06. The molecular weight excluding hydrogens is 210 g/mol. The predicted octanol–water partition coefficient (Wildman–Crippen LogP) is 3.76. The van der Waals surface area contributed by atoms with Gasteiger partial charge in [0.1, 0.15) is 5.54 Å². The maximum Gasteiger partial charge on any atom is 0.161 e. The standard InChI is InChI=1S/C15H23NO/c1-13(2)14(17)15(16-11-7-8-12-16)9-5-3-4-6-10-15/h7-8,11-13H,3-6,9-10H2,1-2H3. The average molecular weight is 233 g/mol. The Balaban J connectivity index is 2.37.